The van der Waals surface area contributed by atoms with Crippen LogP contribution in [-0.2, 0) is 6.42 Å². The second kappa shape index (κ2) is 6.53. The molecule has 2 aromatic rings. The van der Waals surface area contributed by atoms with Crippen molar-refractivity contribution in [2.75, 3.05) is 7.11 Å². The average molecular weight is 286 g/mol. The van der Waals surface area contributed by atoms with Crippen LogP contribution in [0, 0.1) is 19.7 Å². The van der Waals surface area contributed by atoms with E-state index in [4.69, 9.17) is 4.74 Å². The first kappa shape index (κ1) is 15.2. The van der Waals surface area contributed by atoms with Gasteiger partial charge in [-0.05, 0) is 61.2 Å². The van der Waals surface area contributed by atoms with Gasteiger partial charge >= 0.3 is 0 Å². The number of carbonyl (C=O) groups is 1. The molecule has 0 fully saturated rings. The van der Waals surface area contributed by atoms with Gasteiger partial charge in [0.2, 0.25) is 0 Å². The zero-order chi connectivity index (χ0) is 15.4. The Kier molecular flexibility index (Phi) is 4.73. The first-order valence-electron chi connectivity index (χ1n) is 6.94. The molecule has 0 spiro atoms. The van der Waals surface area contributed by atoms with E-state index >= 15 is 0 Å². The molecule has 0 N–H and O–H groups in total. The van der Waals surface area contributed by atoms with E-state index in [1.54, 1.807) is 33.1 Å². The molecule has 0 aromatic heterocycles. The van der Waals surface area contributed by atoms with Crippen LogP contribution in [0.5, 0.6) is 5.75 Å². The standard InChI is InChI=1S/C18H19FO2/c1-12-10-15(11-13(2)18(12)19)17(20)9-6-14-4-7-16(21-3)8-5-14/h4-5,7-8,10-11H,6,9H2,1-3H3. The summed E-state index contributed by atoms with van der Waals surface area (Å²) in [5.74, 6) is 0.605. The van der Waals surface area contributed by atoms with Gasteiger partial charge in [0.15, 0.2) is 5.78 Å². The lowest BCUT2D eigenvalue weighted by Crippen LogP contribution is -2.03. The van der Waals surface area contributed by atoms with Crippen LogP contribution in [0.25, 0.3) is 0 Å². The van der Waals surface area contributed by atoms with Gasteiger partial charge in [-0.2, -0.15) is 0 Å². The number of aryl methyl sites for hydroxylation is 3. The molecule has 0 unspecified atom stereocenters. The zero-order valence-corrected chi connectivity index (χ0v) is 12.6. The minimum absolute atomic E-state index is 0.0389. The Balaban J connectivity index is 2.04. The third-order valence-corrected chi connectivity index (χ3v) is 3.56. The molecule has 2 rings (SSSR count). The van der Waals surface area contributed by atoms with Gasteiger partial charge in [-0.1, -0.05) is 12.1 Å². The Labute approximate surface area is 124 Å². The maximum atomic E-state index is 13.6. The van der Waals surface area contributed by atoms with Crippen molar-refractivity contribution < 1.29 is 13.9 Å². The molecule has 0 aliphatic rings. The summed E-state index contributed by atoms with van der Waals surface area (Å²) in [6, 6.07) is 10.9. The van der Waals surface area contributed by atoms with Crippen molar-refractivity contribution in [2.24, 2.45) is 0 Å². The molecule has 2 aromatic carbocycles. The maximum absolute atomic E-state index is 13.6. The van der Waals surface area contributed by atoms with Crippen LogP contribution in [0.1, 0.15) is 33.5 Å². The normalized spacial score (nSPS) is 10.5. The molecular weight excluding hydrogens is 267 g/mol. The molecule has 0 saturated heterocycles. The largest absolute Gasteiger partial charge is 0.497 e. The Morgan fingerprint density at radius 2 is 1.67 bits per heavy atom. The van der Waals surface area contributed by atoms with Gasteiger partial charge in [-0.3, -0.25) is 4.79 Å². The van der Waals surface area contributed by atoms with Gasteiger partial charge in [-0.15, -0.1) is 0 Å². The van der Waals surface area contributed by atoms with E-state index in [0.717, 1.165) is 11.3 Å². The van der Waals surface area contributed by atoms with Gasteiger partial charge in [0.25, 0.3) is 0 Å². The van der Waals surface area contributed by atoms with Crippen molar-refractivity contribution in [1.82, 2.24) is 0 Å². The molecule has 0 amide bonds. The molecule has 0 saturated carbocycles. The van der Waals surface area contributed by atoms with Crippen LogP contribution in [0.4, 0.5) is 4.39 Å². The minimum Gasteiger partial charge on any atom is -0.497 e. The van der Waals surface area contributed by atoms with Gasteiger partial charge in [-0.25, -0.2) is 4.39 Å². The van der Waals surface area contributed by atoms with Crippen molar-refractivity contribution in [3.8, 4) is 5.75 Å². The van der Waals surface area contributed by atoms with Crippen molar-refractivity contribution in [1.29, 1.82) is 0 Å². The van der Waals surface area contributed by atoms with Crippen LogP contribution in [0.15, 0.2) is 36.4 Å². The van der Waals surface area contributed by atoms with Crippen molar-refractivity contribution >= 4 is 5.78 Å². The fourth-order valence-corrected chi connectivity index (χ4v) is 2.30. The molecule has 0 radical (unpaired) electrons. The smallest absolute Gasteiger partial charge is 0.163 e. The molecule has 3 heteroatoms. The van der Waals surface area contributed by atoms with Gasteiger partial charge in [0, 0.05) is 12.0 Å². The van der Waals surface area contributed by atoms with E-state index in [1.807, 2.05) is 24.3 Å². The second-order valence-corrected chi connectivity index (χ2v) is 5.20. The highest BCUT2D eigenvalue weighted by atomic mass is 19.1. The number of methoxy groups -OCH3 is 1. The zero-order valence-electron chi connectivity index (χ0n) is 12.6. The highest BCUT2D eigenvalue weighted by Crippen LogP contribution is 2.18. The number of halogens is 1. The first-order valence-corrected chi connectivity index (χ1v) is 6.94. The molecule has 2 nitrogen and oxygen atoms in total. The molecule has 0 aliphatic carbocycles. The number of carbonyl (C=O) groups excluding carboxylic acids is 1. The second-order valence-electron chi connectivity index (χ2n) is 5.20. The lowest BCUT2D eigenvalue weighted by Gasteiger charge is -2.07. The average Bonchev–Trinajstić information content (AvgIpc) is 2.50. The Morgan fingerprint density at radius 1 is 1.10 bits per heavy atom. The van der Waals surface area contributed by atoms with Gasteiger partial charge in [0.1, 0.15) is 11.6 Å². The number of ketones is 1. The summed E-state index contributed by atoms with van der Waals surface area (Å²) in [6.07, 6.45) is 1.08. The van der Waals surface area contributed by atoms with Crippen LogP contribution in [-0.4, -0.2) is 12.9 Å². The van der Waals surface area contributed by atoms with Crippen molar-refractivity contribution in [3.05, 3.63) is 64.5 Å². The lowest BCUT2D eigenvalue weighted by atomic mass is 9.99. The number of benzene rings is 2. The quantitative estimate of drug-likeness (QED) is 0.767. The summed E-state index contributed by atoms with van der Waals surface area (Å²) in [5, 5.41) is 0. The molecule has 110 valence electrons. The Bertz CT molecular complexity index is 622. The number of hydrogen-bond donors (Lipinski definition) is 0. The number of rotatable bonds is 5. The molecule has 0 aliphatic heterocycles. The number of ether oxygens (including phenoxy) is 1. The SMILES string of the molecule is COc1ccc(CCC(=O)c2cc(C)c(F)c(C)c2)cc1. The summed E-state index contributed by atoms with van der Waals surface area (Å²) in [7, 11) is 1.62. The maximum Gasteiger partial charge on any atom is 0.163 e. The number of Topliss-reactive ketones (excluding diaryl/α,β-unsaturated/α-hetero) is 1. The van der Waals surface area contributed by atoms with Crippen LogP contribution in [0.3, 0.4) is 0 Å². The van der Waals surface area contributed by atoms with Crippen LogP contribution in [0.2, 0.25) is 0 Å². The molecule has 0 heterocycles. The Morgan fingerprint density at radius 3 is 2.19 bits per heavy atom. The summed E-state index contributed by atoms with van der Waals surface area (Å²) < 4.78 is 18.7. The number of hydrogen-bond acceptors (Lipinski definition) is 2. The molecule has 0 atom stereocenters. The van der Waals surface area contributed by atoms with E-state index in [1.165, 1.54) is 0 Å². The van der Waals surface area contributed by atoms with E-state index in [-0.39, 0.29) is 11.6 Å². The minimum atomic E-state index is -0.235. The topological polar surface area (TPSA) is 26.3 Å². The summed E-state index contributed by atoms with van der Waals surface area (Å²) >= 11 is 0. The predicted octanol–water partition coefficient (Wildman–Crippen LogP) is 4.27. The summed E-state index contributed by atoms with van der Waals surface area (Å²) in [5.41, 5.74) is 2.70. The van der Waals surface area contributed by atoms with Gasteiger partial charge in [0.05, 0.1) is 7.11 Å². The van der Waals surface area contributed by atoms with Crippen LogP contribution < -0.4 is 4.74 Å². The van der Waals surface area contributed by atoms with E-state index in [0.29, 0.717) is 29.5 Å². The van der Waals surface area contributed by atoms with Crippen molar-refractivity contribution in [2.45, 2.75) is 26.7 Å². The van der Waals surface area contributed by atoms with Crippen LogP contribution >= 0.6 is 0 Å². The highest BCUT2D eigenvalue weighted by molar-refractivity contribution is 5.96. The highest BCUT2D eigenvalue weighted by Gasteiger charge is 2.11. The van der Waals surface area contributed by atoms with E-state index < -0.39 is 0 Å². The fraction of sp³-hybridized carbons (Fsp3) is 0.278. The molecule has 21 heavy (non-hydrogen) atoms. The van der Waals surface area contributed by atoms with E-state index in [2.05, 4.69) is 0 Å². The molecular formula is C18H19FO2. The monoisotopic (exact) mass is 286 g/mol. The lowest BCUT2D eigenvalue weighted by molar-refractivity contribution is 0.0982. The third kappa shape index (κ3) is 3.69. The third-order valence-electron chi connectivity index (χ3n) is 3.56. The van der Waals surface area contributed by atoms with Crippen molar-refractivity contribution in [3.63, 3.8) is 0 Å². The predicted molar refractivity (Wildman–Crippen MR) is 81.5 cm³/mol. The first-order chi connectivity index (χ1) is 10.0. The Hall–Kier alpha value is -2.16. The fourth-order valence-electron chi connectivity index (χ4n) is 2.30. The molecule has 0 bridgehead atoms. The summed E-state index contributed by atoms with van der Waals surface area (Å²) in [6.45, 7) is 3.37. The van der Waals surface area contributed by atoms with E-state index in [9.17, 15) is 9.18 Å². The summed E-state index contributed by atoms with van der Waals surface area (Å²) in [4.78, 5) is 12.2. The van der Waals surface area contributed by atoms with Gasteiger partial charge < -0.3 is 4.74 Å².